The number of carbonyl (C=O) groups is 1. The summed E-state index contributed by atoms with van der Waals surface area (Å²) in [5.74, 6) is 1.62. The topological polar surface area (TPSA) is 78.3 Å². The SMILES string of the molecule is CSc1cc2c(c(-c3cn(C)c4cnc(NC(C)=O)cc34)n1)OCC(c1ccccc1)O2. The van der Waals surface area contributed by atoms with Gasteiger partial charge in [0.2, 0.25) is 5.91 Å². The number of hydrogen-bond donors (Lipinski definition) is 1. The molecule has 1 amide bonds. The average Bonchev–Trinajstić information content (AvgIpc) is 3.13. The Bertz CT molecular complexity index is 1320. The number of aryl methyl sites for hydroxylation is 1. The maximum absolute atomic E-state index is 11.5. The van der Waals surface area contributed by atoms with Crippen molar-refractivity contribution in [3.05, 3.63) is 60.4 Å². The molecule has 0 radical (unpaired) electrons. The summed E-state index contributed by atoms with van der Waals surface area (Å²) < 4.78 is 14.6. The first-order valence-electron chi connectivity index (χ1n) is 10.2. The second-order valence-corrected chi connectivity index (χ2v) is 8.42. The molecular formula is C24H22N4O3S. The molecule has 5 rings (SSSR count). The smallest absolute Gasteiger partial charge is 0.222 e. The molecule has 7 nitrogen and oxygen atoms in total. The minimum absolute atomic E-state index is 0.169. The number of anilines is 1. The van der Waals surface area contributed by atoms with Crippen LogP contribution in [0.1, 0.15) is 18.6 Å². The van der Waals surface area contributed by atoms with Crippen molar-refractivity contribution in [1.29, 1.82) is 0 Å². The summed E-state index contributed by atoms with van der Waals surface area (Å²) in [5.41, 5.74) is 3.60. The molecule has 0 saturated carbocycles. The normalized spacial score (nSPS) is 15.0. The lowest BCUT2D eigenvalue weighted by Crippen LogP contribution is -2.22. The molecule has 4 aromatic rings. The second-order valence-electron chi connectivity index (χ2n) is 7.59. The standard InChI is InChI=1S/C24H22N4O3S/c1-14(29)26-21-9-16-17(12-28(2)18(16)11-25-21)23-24-19(10-22(27-23)32-3)31-20(13-30-24)15-7-5-4-6-8-15/h4-12,20H,13H2,1-3H3,(H,25,26,29). The zero-order valence-corrected chi connectivity index (χ0v) is 18.8. The second kappa shape index (κ2) is 8.20. The molecule has 1 N–H and O–H groups in total. The number of ether oxygens (including phenoxy) is 2. The summed E-state index contributed by atoms with van der Waals surface area (Å²) in [6, 6.07) is 13.8. The van der Waals surface area contributed by atoms with E-state index in [9.17, 15) is 4.79 Å². The van der Waals surface area contributed by atoms with Crippen molar-refractivity contribution in [2.75, 3.05) is 18.2 Å². The van der Waals surface area contributed by atoms with E-state index in [1.54, 1.807) is 18.0 Å². The van der Waals surface area contributed by atoms with E-state index in [2.05, 4.69) is 10.3 Å². The quantitative estimate of drug-likeness (QED) is 0.453. The molecule has 32 heavy (non-hydrogen) atoms. The van der Waals surface area contributed by atoms with Crippen LogP contribution >= 0.6 is 11.8 Å². The fourth-order valence-corrected chi connectivity index (χ4v) is 4.30. The van der Waals surface area contributed by atoms with Gasteiger partial charge in [-0.05, 0) is 17.9 Å². The number of fused-ring (bicyclic) bond motifs is 2. The van der Waals surface area contributed by atoms with Crippen molar-refractivity contribution in [1.82, 2.24) is 14.5 Å². The molecule has 3 aromatic heterocycles. The third-order valence-corrected chi connectivity index (χ3v) is 6.01. The highest BCUT2D eigenvalue weighted by Gasteiger charge is 2.28. The Balaban J connectivity index is 1.63. The molecule has 1 atom stereocenters. The van der Waals surface area contributed by atoms with E-state index in [0.717, 1.165) is 27.1 Å². The van der Waals surface area contributed by atoms with Gasteiger partial charge in [0.15, 0.2) is 17.6 Å². The molecule has 0 saturated heterocycles. The van der Waals surface area contributed by atoms with Gasteiger partial charge in [-0.3, -0.25) is 4.79 Å². The minimum Gasteiger partial charge on any atom is -0.483 e. The van der Waals surface area contributed by atoms with E-state index in [4.69, 9.17) is 14.5 Å². The van der Waals surface area contributed by atoms with Crippen molar-refractivity contribution in [2.24, 2.45) is 7.05 Å². The molecule has 0 aliphatic carbocycles. The Morgan fingerprint density at radius 3 is 2.81 bits per heavy atom. The van der Waals surface area contributed by atoms with Crippen LogP contribution in [0.4, 0.5) is 5.82 Å². The van der Waals surface area contributed by atoms with Crippen LogP contribution in [0.2, 0.25) is 0 Å². The number of aromatic nitrogens is 3. The lowest BCUT2D eigenvalue weighted by atomic mass is 10.1. The highest BCUT2D eigenvalue weighted by Crippen LogP contribution is 2.46. The van der Waals surface area contributed by atoms with E-state index >= 15 is 0 Å². The van der Waals surface area contributed by atoms with Gasteiger partial charge in [-0.15, -0.1) is 11.8 Å². The van der Waals surface area contributed by atoms with Crippen LogP contribution in [-0.4, -0.2) is 33.3 Å². The van der Waals surface area contributed by atoms with Crippen molar-refractivity contribution in [3.8, 4) is 22.8 Å². The van der Waals surface area contributed by atoms with Gasteiger partial charge >= 0.3 is 0 Å². The summed E-state index contributed by atoms with van der Waals surface area (Å²) in [5, 5.41) is 4.52. The highest BCUT2D eigenvalue weighted by molar-refractivity contribution is 7.98. The summed E-state index contributed by atoms with van der Waals surface area (Å²) in [7, 11) is 1.96. The van der Waals surface area contributed by atoms with Crippen molar-refractivity contribution in [2.45, 2.75) is 18.1 Å². The van der Waals surface area contributed by atoms with Gasteiger partial charge in [-0.2, -0.15) is 0 Å². The number of hydrogen-bond acceptors (Lipinski definition) is 6. The molecule has 1 aromatic carbocycles. The van der Waals surface area contributed by atoms with Gasteiger partial charge in [-0.1, -0.05) is 30.3 Å². The molecular weight excluding hydrogens is 424 g/mol. The Morgan fingerprint density at radius 1 is 1.25 bits per heavy atom. The predicted molar refractivity (Wildman–Crippen MR) is 125 cm³/mol. The fourth-order valence-electron chi connectivity index (χ4n) is 3.90. The van der Waals surface area contributed by atoms with E-state index in [1.807, 2.05) is 66.5 Å². The number of rotatable bonds is 4. The first kappa shape index (κ1) is 20.4. The molecule has 162 valence electrons. The Labute approximate surface area is 189 Å². The Kier molecular flexibility index (Phi) is 5.22. The third-order valence-electron chi connectivity index (χ3n) is 5.38. The number of thioether (sulfide) groups is 1. The number of nitrogens with one attached hydrogen (secondary N) is 1. The van der Waals surface area contributed by atoms with Crippen LogP contribution in [0.15, 0.2) is 59.9 Å². The first-order chi connectivity index (χ1) is 15.5. The van der Waals surface area contributed by atoms with Crippen molar-refractivity contribution >= 4 is 34.4 Å². The summed E-state index contributed by atoms with van der Waals surface area (Å²) >= 11 is 1.55. The minimum atomic E-state index is -0.184. The Morgan fingerprint density at radius 2 is 2.06 bits per heavy atom. The molecule has 1 aliphatic rings. The molecule has 0 fully saturated rings. The van der Waals surface area contributed by atoms with Gasteiger partial charge in [0.05, 0.1) is 11.7 Å². The van der Waals surface area contributed by atoms with Crippen LogP contribution in [0.5, 0.6) is 11.5 Å². The van der Waals surface area contributed by atoms with Gasteiger partial charge in [0, 0.05) is 37.2 Å². The Hall–Kier alpha value is -3.52. The highest BCUT2D eigenvalue weighted by atomic mass is 32.2. The van der Waals surface area contributed by atoms with Crippen molar-refractivity contribution < 1.29 is 14.3 Å². The summed E-state index contributed by atoms with van der Waals surface area (Å²) in [4.78, 5) is 20.7. The van der Waals surface area contributed by atoms with Gasteiger partial charge < -0.3 is 19.4 Å². The number of pyridine rings is 2. The molecule has 8 heteroatoms. The molecule has 0 spiro atoms. The van der Waals surface area contributed by atoms with Crippen molar-refractivity contribution in [3.63, 3.8) is 0 Å². The number of benzene rings is 1. The van der Waals surface area contributed by atoms with Crippen LogP contribution in [0.25, 0.3) is 22.2 Å². The molecule has 1 unspecified atom stereocenters. The monoisotopic (exact) mass is 446 g/mol. The summed E-state index contributed by atoms with van der Waals surface area (Å²) in [6.07, 6.45) is 5.55. The molecule has 0 bridgehead atoms. The number of carbonyl (C=O) groups excluding carboxylic acids is 1. The van der Waals surface area contributed by atoms with Crippen LogP contribution < -0.4 is 14.8 Å². The van der Waals surface area contributed by atoms with E-state index in [1.165, 1.54) is 6.92 Å². The fraction of sp³-hybridized carbons (Fsp3) is 0.208. The number of nitrogens with zero attached hydrogens (tertiary/aromatic N) is 3. The molecule has 1 aliphatic heterocycles. The van der Waals surface area contributed by atoms with E-state index in [0.29, 0.717) is 29.6 Å². The van der Waals surface area contributed by atoms with Gasteiger partial charge in [-0.25, -0.2) is 9.97 Å². The van der Waals surface area contributed by atoms with Gasteiger partial charge in [0.1, 0.15) is 23.1 Å². The lowest BCUT2D eigenvalue weighted by molar-refractivity contribution is -0.114. The third kappa shape index (κ3) is 3.67. The molecule has 4 heterocycles. The van der Waals surface area contributed by atoms with Gasteiger partial charge in [0.25, 0.3) is 0 Å². The average molecular weight is 447 g/mol. The van der Waals surface area contributed by atoms with E-state index < -0.39 is 0 Å². The first-order valence-corrected chi connectivity index (χ1v) is 11.4. The maximum atomic E-state index is 11.5. The summed E-state index contributed by atoms with van der Waals surface area (Å²) in [6.45, 7) is 1.86. The largest absolute Gasteiger partial charge is 0.483 e. The zero-order chi connectivity index (χ0) is 22.2. The van der Waals surface area contributed by atoms with Crippen LogP contribution in [0, 0.1) is 0 Å². The predicted octanol–water partition coefficient (Wildman–Crippen LogP) is 4.83. The number of amides is 1. The van der Waals surface area contributed by atoms with Crippen LogP contribution in [0.3, 0.4) is 0 Å². The maximum Gasteiger partial charge on any atom is 0.222 e. The zero-order valence-electron chi connectivity index (χ0n) is 18.0. The van der Waals surface area contributed by atoms with E-state index in [-0.39, 0.29) is 12.0 Å². The van der Waals surface area contributed by atoms with Crippen LogP contribution in [-0.2, 0) is 11.8 Å². The lowest BCUT2D eigenvalue weighted by Gasteiger charge is -2.28.